The van der Waals surface area contributed by atoms with Crippen LogP contribution in [0.4, 0.5) is 0 Å². The van der Waals surface area contributed by atoms with Crippen LogP contribution in [-0.2, 0) is 65.0 Å². The van der Waals surface area contributed by atoms with Gasteiger partial charge in [0, 0.05) is 82.4 Å². The van der Waals surface area contributed by atoms with Crippen molar-refractivity contribution >= 4 is 17.4 Å². The SMILES string of the molecule is [Al].[Cu].[Ti].[Zr]. The summed E-state index contributed by atoms with van der Waals surface area (Å²) in [5.41, 5.74) is 0. The van der Waals surface area contributed by atoms with Gasteiger partial charge in [0.2, 0.25) is 0 Å². The Kier molecular flexibility index (Phi) is 132. The summed E-state index contributed by atoms with van der Waals surface area (Å²) < 4.78 is 0. The number of hydrogen-bond donors (Lipinski definition) is 0. The summed E-state index contributed by atoms with van der Waals surface area (Å²) in [7, 11) is 0. The molecule has 4 heteroatoms. The van der Waals surface area contributed by atoms with E-state index in [1.54, 1.807) is 0 Å². The zero-order valence-corrected chi connectivity index (χ0v) is 7.99. The molecule has 0 aliphatic carbocycles. The van der Waals surface area contributed by atoms with Gasteiger partial charge in [-0.05, 0) is 0 Å². The maximum atomic E-state index is 0. The van der Waals surface area contributed by atoms with Gasteiger partial charge in [0.25, 0.3) is 0 Å². The third kappa shape index (κ3) is 8.82. The maximum absolute atomic E-state index is 0. The van der Waals surface area contributed by atoms with Crippen molar-refractivity contribution in [2.24, 2.45) is 0 Å². The first-order valence-electron chi connectivity index (χ1n) is 0. The van der Waals surface area contributed by atoms with E-state index >= 15 is 0 Å². The van der Waals surface area contributed by atoms with Crippen LogP contribution in [0.25, 0.3) is 0 Å². The summed E-state index contributed by atoms with van der Waals surface area (Å²) in [6, 6.07) is 0. The Labute approximate surface area is 81.1 Å². The van der Waals surface area contributed by atoms with Crippen LogP contribution in [0.2, 0.25) is 0 Å². The van der Waals surface area contributed by atoms with Gasteiger partial charge in [-0.2, -0.15) is 0 Å². The minimum absolute atomic E-state index is 0. The molecule has 0 atom stereocenters. The molecule has 0 rings (SSSR count). The van der Waals surface area contributed by atoms with Gasteiger partial charge in [0.05, 0.1) is 0 Å². The molecule has 0 unspecified atom stereocenters. The predicted molar refractivity (Wildman–Crippen MR) is 5.75 cm³/mol. The quantitative estimate of drug-likeness (QED) is 0.497. The van der Waals surface area contributed by atoms with E-state index in [0.29, 0.717) is 0 Å². The van der Waals surface area contributed by atoms with Crippen molar-refractivity contribution < 1.29 is 65.0 Å². The molecule has 0 nitrogen and oxygen atoms in total. The number of hydrogen-bond acceptors (Lipinski definition) is 0. The molecule has 0 spiro atoms. The Morgan fingerprint density at radius 1 is 1.00 bits per heavy atom. The minimum atomic E-state index is 0. The van der Waals surface area contributed by atoms with Crippen molar-refractivity contribution in [2.75, 3.05) is 0 Å². The first kappa shape index (κ1) is 30.2. The summed E-state index contributed by atoms with van der Waals surface area (Å²) in [6.07, 6.45) is 0. The summed E-state index contributed by atoms with van der Waals surface area (Å²) in [5.74, 6) is 0. The Balaban J connectivity index is 0. The molecule has 0 heterocycles. The Morgan fingerprint density at radius 3 is 1.00 bits per heavy atom. The molecule has 0 fully saturated rings. The summed E-state index contributed by atoms with van der Waals surface area (Å²) in [5, 5.41) is 0. The van der Waals surface area contributed by atoms with E-state index < -0.39 is 0 Å². The van der Waals surface area contributed by atoms with Crippen molar-refractivity contribution in [1.29, 1.82) is 0 Å². The van der Waals surface area contributed by atoms with Gasteiger partial charge in [0.1, 0.15) is 0 Å². The number of rotatable bonds is 0. The van der Waals surface area contributed by atoms with Crippen LogP contribution in [0.3, 0.4) is 0 Å². The molecule has 0 bridgehead atoms. The fraction of sp³-hybridized carbons (Fsp3) is 0. The molecule has 0 saturated heterocycles. The molecule has 22 valence electrons. The molecule has 0 aromatic heterocycles. The molecular weight excluding hydrogens is 230 g/mol. The molecule has 4 radical (unpaired) electrons. The van der Waals surface area contributed by atoms with Crippen LogP contribution in [0.1, 0.15) is 0 Å². The van der Waals surface area contributed by atoms with E-state index in [1.165, 1.54) is 0 Å². The molecule has 0 aliphatic rings. The standard InChI is InChI=1S/Al.Cu.Ti.Zr. The van der Waals surface area contributed by atoms with Crippen LogP contribution < -0.4 is 0 Å². The maximum Gasteiger partial charge on any atom is 0 e. The van der Waals surface area contributed by atoms with Gasteiger partial charge in [-0.3, -0.25) is 0 Å². The van der Waals surface area contributed by atoms with Gasteiger partial charge in [-0.25, -0.2) is 0 Å². The first-order chi connectivity index (χ1) is 0. The van der Waals surface area contributed by atoms with Crippen LogP contribution in [0.5, 0.6) is 0 Å². The van der Waals surface area contributed by atoms with E-state index in [9.17, 15) is 0 Å². The van der Waals surface area contributed by atoms with Crippen molar-refractivity contribution in [3.63, 3.8) is 0 Å². The largest absolute Gasteiger partial charge is 0 e. The average Bonchev–Trinajstić information content (AvgIpc) is 0. The molecule has 0 aliphatic heterocycles. The normalized spacial score (nSPS) is 0. The molecule has 4 heavy (non-hydrogen) atoms. The Morgan fingerprint density at radius 2 is 1.00 bits per heavy atom. The van der Waals surface area contributed by atoms with E-state index in [0.717, 1.165) is 0 Å². The Bertz CT molecular complexity index is 8.00. The summed E-state index contributed by atoms with van der Waals surface area (Å²) in [4.78, 5) is 0. The molecule has 0 aromatic rings. The van der Waals surface area contributed by atoms with E-state index in [-0.39, 0.29) is 82.4 Å². The van der Waals surface area contributed by atoms with Crippen LogP contribution in [-0.4, -0.2) is 17.4 Å². The third-order valence-electron chi connectivity index (χ3n) is 0. The Hall–Kier alpha value is 2.65. The second-order valence-corrected chi connectivity index (χ2v) is 0. The summed E-state index contributed by atoms with van der Waals surface area (Å²) in [6.45, 7) is 0. The fourth-order valence-corrected chi connectivity index (χ4v) is 0. The molecule has 0 aromatic carbocycles. The van der Waals surface area contributed by atoms with E-state index in [2.05, 4.69) is 0 Å². The third-order valence-corrected chi connectivity index (χ3v) is 0. The van der Waals surface area contributed by atoms with Gasteiger partial charge >= 0.3 is 0 Å². The first-order valence-corrected chi connectivity index (χ1v) is 0. The smallest absolute Gasteiger partial charge is 0 e. The second-order valence-electron chi connectivity index (χ2n) is 0. The topological polar surface area (TPSA) is 0 Å². The predicted octanol–water partition coefficient (Wildman–Crippen LogP) is -0.388. The molecule has 0 saturated carbocycles. The molecule has 0 N–H and O–H groups in total. The van der Waals surface area contributed by atoms with Crippen LogP contribution in [0.15, 0.2) is 0 Å². The van der Waals surface area contributed by atoms with Crippen LogP contribution >= 0.6 is 0 Å². The van der Waals surface area contributed by atoms with Gasteiger partial charge < -0.3 is 0 Å². The second kappa shape index (κ2) is 17.4. The molecular formula is AlCuTiZr. The summed E-state index contributed by atoms with van der Waals surface area (Å²) >= 11 is 0. The van der Waals surface area contributed by atoms with Crippen molar-refractivity contribution in [1.82, 2.24) is 0 Å². The van der Waals surface area contributed by atoms with Gasteiger partial charge in [0.15, 0.2) is 0 Å². The monoisotopic (exact) mass is 228 g/mol. The average molecular weight is 230 g/mol. The minimum Gasteiger partial charge on any atom is 0 e. The van der Waals surface area contributed by atoms with E-state index in [1.807, 2.05) is 0 Å². The van der Waals surface area contributed by atoms with E-state index in [4.69, 9.17) is 0 Å². The van der Waals surface area contributed by atoms with Crippen LogP contribution in [0, 0.1) is 0 Å². The van der Waals surface area contributed by atoms with Crippen molar-refractivity contribution in [2.45, 2.75) is 0 Å². The van der Waals surface area contributed by atoms with Gasteiger partial charge in [-0.1, -0.05) is 0 Å². The zero-order chi connectivity index (χ0) is 0. The van der Waals surface area contributed by atoms with Gasteiger partial charge in [-0.15, -0.1) is 0 Å². The zero-order valence-electron chi connectivity index (χ0n) is 1.88. The van der Waals surface area contributed by atoms with Crippen molar-refractivity contribution in [3.8, 4) is 0 Å². The molecule has 0 amide bonds. The fourth-order valence-electron chi connectivity index (χ4n) is 0. The van der Waals surface area contributed by atoms with Crippen molar-refractivity contribution in [3.05, 3.63) is 0 Å².